The van der Waals surface area contributed by atoms with Gasteiger partial charge < -0.3 is 11.1 Å². The monoisotopic (exact) mass is 290 g/mol. The molecule has 19 heavy (non-hydrogen) atoms. The first kappa shape index (κ1) is 18.7. The van der Waals surface area contributed by atoms with Crippen molar-refractivity contribution >= 4 is 18.3 Å². The van der Waals surface area contributed by atoms with Crippen LogP contribution >= 0.6 is 12.4 Å². The molecule has 1 aliphatic rings. The van der Waals surface area contributed by atoms with Crippen molar-refractivity contribution in [1.29, 1.82) is 0 Å². The fraction of sp³-hybridized carbons (Fsp3) is 0.933. The number of hydrogen-bond donors (Lipinski definition) is 2. The Morgan fingerprint density at radius 3 is 2.42 bits per heavy atom. The van der Waals surface area contributed by atoms with Crippen LogP contribution in [0.3, 0.4) is 0 Å². The first-order chi connectivity index (χ1) is 8.62. The zero-order valence-electron chi connectivity index (χ0n) is 12.5. The summed E-state index contributed by atoms with van der Waals surface area (Å²) in [6, 6.07) is 0. The lowest BCUT2D eigenvalue weighted by Crippen LogP contribution is -2.55. The third-order valence-electron chi connectivity index (χ3n) is 4.29. The van der Waals surface area contributed by atoms with Crippen molar-refractivity contribution in [3.05, 3.63) is 0 Å². The standard InChI is InChI=1S/C15H30N2O.ClH/c1-3-5-9-13(4-2)12-17-14(18)15(16)10-7-6-8-11-15;/h13H,3-12,16H2,1-2H3,(H,17,18);1H. The highest BCUT2D eigenvalue weighted by molar-refractivity contribution is 5.86. The van der Waals surface area contributed by atoms with Crippen LogP contribution in [0.1, 0.15) is 71.6 Å². The molecular weight excluding hydrogens is 260 g/mol. The number of halogens is 1. The van der Waals surface area contributed by atoms with Gasteiger partial charge in [0.25, 0.3) is 0 Å². The summed E-state index contributed by atoms with van der Waals surface area (Å²) >= 11 is 0. The summed E-state index contributed by atoms with van der Waals surface area (Å²) in [5, 5.41) is 3.09. The molecule has 0 aliphatic heterocycles. The van der Waals surface area contributed by atoms with Crippen molar-refractivity contribution in [2.45, 2.75) is 77.2 Å². The summed E-state index contributed by atoms with van der Waals surface area (Å²) in [4.78, 5) is 12.2. The van der Waals surface area contributed by atoms with Crippen molar-refractivity contribution in [2.75, 3.05) is 6.54 Å². The van der Waals surface area contributed by atoms with E-state index in [1.165, 1.54) is 25.7 Å². The van der Waals surface area contributed by atoms with Gasteiger partial charge in [0.1, 0.15) is 0 Å². The quantitative estimate of drug-likeness (QED) is 0.755. The molecular formula is C15H31ClN2O. The maximum absolute atomic E-state index is 12.2. The maximum atomic E-state index is 12.2. The molecule has 0 radical (unpaired) electrons. The van der Waals surface area contributed by atoms with Gasteiger partial charge in [-0.25, -0.2) is 0 Å². The van der Waals surface area contributed by atoms with Crippen molar-refractivity contribution in [3.8, 4) is 0 Å². The van der Waals surface area contributed by atoms with Crippen LogP contribution in [0.4, 0.5) is 0 Å². The molecule has 0 aromatic rings. The summed E-state index contributed by atoms with van der Waals surface area (Å²) in [5.41, 5.74) is 5.64. The molecule has 0 spiro atoms. The maximum Gasteiger partial charge on any atom is 0.240 e. The van der Waals surface area contributed by atoms with Gasteiger partial charge in [-0.15, -0.1) is 12.4 Å². The molecule has 3 N–H and O–H groups in total. The fourth-order valence-electron chi connectivity index (χ4n) is 2.77. The lowest BCUT2D eigenvalue weighted by Gasteiger charge is -2.32. The zero-order chi connectivity index (χ0) is 13.4. The molecule has 0 heterocycles. The molecule has 0 saturated heterocycles. The van der Waals surface area contributed by atoms with Gasteiger partial charge in [-0.3, -0.25) is 4.79 Å². The molecule has 0 aromatic heterocycles. The van der Waals surface area contributed by atoms with Gasteiger partial charge in [0.05, 0.1) is 5.54 Å². The average Bonchev–Trinajstić information content (AvgIpc) is 2.39. The molecule has 3 nitrogen and oxygen atoms in total. The normalized spacial score (nSPS) is 19.3. The molecule has 1 fully saturated rings. The van der Waals surface area contributed by atoms with Crippen LogP contribution in [0.5, 0.6) is 0 Å². The number of rotatable bonds is 7. The van der Waals surface area contributed by atoms with Gasteiger partial charge in [-0.1, -0.05) is 52.4 Å². The Labute approximate surface area is 124 Å². The van der Waals surface area contributed by atoms with E-state index in [1.807, 2.05) is 0 Å². The Morgan fingerprint density at radius 1 is 1.26 bits per heavy atom. The topological polar surface area (TPSA) is 55.1 Å². The number of hydrogen-bond acceptors (Lipinski definition) is 2. The Kier molecular flexibility index (Phi) is 9.46. The second-order valence-electron chi connectivity index (χ2n) is 5.84. The Balaban J connectivity index is 0.00000324. The largest absolute Gasteiger partial charge is 0.354 e. The number of nitrogens with one attached hydrogen (secondary N) is 1. The number of nitrogens with two attached hydrogens (primary N) is 1. The van der Waals surface area contributed by atoms with E-state index in [0.29, 0.717) is 5.92 Å². The van der Waals surface area contributed by atoms with E-state index in [-0.39, 0.29) is 18.3 Å². The van der Waals surface area contributed by atoms with E-state index in [1.54, 1.807) is 0 Å². The molecule has 1 saturated carbocycles. The van der Waals surface area contributed by atoms with E-state index >= 15 is 0 Å². The number of unbranched alkanes of at least 4 members (excludes halogenated alkanes) is 1. The van der Waals surface area contributed by atoms with Crippen molar-refractivity contribution in [1.82, 2.24) is 5.32 Å². The molecule has 4 heteroatoms. The Hall–Kier alpha value is -0.280. The van der Waals surface area contributed by atoms with Crippen molar-refractivity contribution < 1.29 is 4.79 Å². The summed E-state index contributed by atoms with van der Waals surface area (Å²) in [6.45, 7) is 5.21. The predicted molar refractivity (Wildman–Crippen MR) is 83.6 cm³/mol. The van der Waals surface area contributed by atoms with Gasteiger partial charge >= 0.3 is 0 Å². The predicted octanol–water partition coefficient (Wildman–Crippen LogP) is 3.40. The van der Waals surface area contributed by atoms with Crippen LogP contribution in [-0.4, -0.2) is 18.0 Å². The minimum absolute atomic E-state index is 0. The van der Waals surface area contributed by atoms with Crippen molar-refractivity contribution in [3.63, 3.8) is 0 Å². The average molecular weight is 291 g/mol. The van der Waals surface area contributed by atoms with E-state index in [0.717, 1.165) is 38.6 Å². The van der Waals surface area contributed by atoms with Gasteiger partial charge in [-0.05, 0) is 25.2 Å². The van der Waals surface area contributed by atoms with Crippen LogP contribution in [0.2, 0.25) is 0 Å². The molecule has 1 unspecified atom stereocenters. The summed E-state index contributed by atoms with van der Waals surface area (Å²) in [5.74, 6) is 0.693. The summed E-state index contributed by atoms with van der Waals surface area (Å²) in [7, 11) is 0. The van der Waals surface area contributed by atoms with Gasteiger partial charge in [-0.2, -0.15) is 0 Å². The van der Waals surface area contributed by atoms with E-state index in [2.05, 4.69) is 19.2 Å². The van der Waals surface area contributed by atoms with Gasteiger partial charge in [0.15, 0.2) is 0 Å². The first-order valence-electron chi connectivity index (χ1n) is 7.69. The molecule has 1 amide bonds. The van der Waals surface area contributed by atoms with Gasteiger partial charge in [0, 0.05) is 6.54 Å². The van der Waals surface area contributed by atoms with Crippen LogP contribution in [-0.2, 0) is 4.79 Å². The lowest BCUT2D eigenvalue weighted by molar-refractivity contribution is -0.127. The second kappa shape index (κ2) is 9.60. The minimum Gasteiger partial charge on any atom is -0.354 e. The summed E-state index contributed by atoms with van der Waals surface area (Å²) < 4.78 is 0. The molecule has 114 valence electrons. The Bertz CT molecular complexity index is 253. The smallest absolute Gasteiger partial charge is 0.240 e. The highest BCUT2D eigenvalue weighted by atomic mass is 35.5. The molecule has 0 bridgehead atoms. The zero-order valence-corrected chi connectivity index (χ0v) is 13.4. The minimum atomic E-state index is -0.582. The molecule has 1 atom stereocenters. The van der Waals surface area contributed by atoms with Crippen LogP contribution in [0, 0.1) is 5.92 Å². The van der Waals surface area contributed by atoms with Crippen molar-refractivity contribution in [2.24, 2.45) is 11.7 Å². The first-order valence-corrected chi connectivity index (χ1v) is 7.69. The van der Waals surface area contributed by atoms with Gasteiger partial charge in [0.2, 0.25) is 5.91 Å². The molecule has 1 aliphatic carbocycles. The third kappa shape index (κ3) is 6.13. The molecule has 0 aromatic carbocycles. The van der Waals surface area contributed by atoms with Crippen LogP contribution in [0.15, 0.2) is 0 Å². The highest BCUT2D eigenvalue weighted by Gasteiger charge is 2.35. The SMILES string of the molecule is CCCCC(CC)CNC(=O)C1(N)CCCCC1.Cl. The summed E-state index contributed by atoms with van der Waals surface area (Å²) in [6.07, 6.45) is 9.94. The number of carbonyl (C=O) groups excluding carboxylic acids is 1. The third-order valence-corrected chi connectivity index (χ3v) is 4.29. The second-order valence-corrected chi connectivity index (χ2v) is 5.84. The Morgan fingerprint density at radius 2 is 1.89 bits per heavy atom. The fourth-order valence-corrected chi connectivity index (χ4v) is 2.77. The lowest BCUT2D eigenvalue weighted by atomic mass is 9.82. The van der Waals surface area contributed by atoms with E-state index in [4.69, 9.17) is 5.73 Å². The van der Waals surface area contributed by atoms with Crippen LogP contribution in [0.25, 0.3) is 0 Å². The molecule has 1 rings (SSSR count). The van der Waals surface area contributed by atoms with Crippen LogP contribution < -0.4 is 11.1 Å². The highest BCUT2D eigenvalue weighted by Crippen LogP contribution is 2.26. The number of amides is 1. The van der Waals surface area contributed by atoms with E-state index in [9.17, 15) is 4.79 Å². The van der Waals surface area contributed by atoms with E-state index < -0.39 is 5.54 Å². The number of carbonyl (C=O) groups is 1.